The lowest BCUT2D eigenvalue weighted by atomic mass is 9.94. The Balaban J connectivity index is 1.52. The molecule has 0 saturated carbocycles. The van der Waals surface area contributed by atoms with Crippen LogP contribution in [-0.4, -0.2) is 48.1 Å². The number of para-hydroxylation sites is 1. The van der Waals surface area contributed by atoms with E-state index < -0.39 is 17.7 Å². The monoisotopic (exact) mass is 456 g/mol. The molecule has 0 aromatic heterocycles. The van der Waals surface area contributed by atoms with Gasteiger partial charge in [0.2, 0.25) is 0 Å². The molecule has 2 aromatic rings. The maximum absolute atomic E-state index is 13.4. The fourth-order valence-corrected chi connectivity index (χ4v) is 4.49. The number of anilines is 2. The van der Waals surface area contributed by atoms with Gasteiger partial charge in [-0.25, -0.2) is 4.79 Å². The lowest BCUT2D eigenvalue weighted by molar-refractivity contribution is -0.140. The molecule has 0 unspecified atom stereocenters. The lowest BCUT2D eigenvalue weighted by Crippen LogP contribution is -2.62. The minimum atomic E-state index is -2.19. The lowest BCUT2D eigenvalue weighted by Gasteiger charge is -2.42. The summed E-state index contributed by atoms with van der Waals surface area (Å²) >= 11 is 5.99. The van der Waals surface area contributed by atoms with E-state index in [1.54, 1.807) is 48.5 Å². The van der Waals surface area contributed by atoms with E-state index >= 15 is 0 Å². The third-order valence-corrected chi connectivity index (χ3v) is 6.54. The molecular formula is C24H29ClN4O3. The number of aliphatic hydroxyl groups is 1. The van der Waals surface area contributed by atoms with Gasteiger partial charge < -0.3 is 20.6 Å². The van der Waals surface area contributed by atoms with Crippen LogP contribution in [0.25, 0.3) is 0 Å². The number of rotatable bonds is 6. The average molecular weight is 457 g/mol. The van der Waals surface area contributed by atoms with E-state index in [1.165, 1.54) is 12.8 Å². The largest absolute Gasteiger partial charge is 0.359 e. The Bertz CT molecular complexity index is 975. The van der Waals surface area contributed by atoms with Gasteiger partial charge in [-0.1, -0.05) is 36.7 Å². The molecule has 3 N–H and O–H groups in total. The molecule has 3 amide bonds. The van der Waals surface area contributed by atoms with Gasteiger partial charge in [0.15, 0.2) is 0 Å². The molecule has 7 nitrogen and oxygen atoms in total. The zero-order valence-corrected chi connectivity index (χ0v) is 18.9. The van der Waals surface area contributed by atoms with Crippen molar-refractivity contribution < 1.29 is 14.7 Å². The van der Waals surface area contributed by atoms with Crippen LogP contribution >= 0.6 is 11.6 Å². The summed E-state index contributed by atoms with van der Waals surface area (Å²) in [4.78, 5) is 29.8. The zero-order chi connectivity index (χ0) is 22.7. The van der Waals surface area contributed by atoms with Crippen LogP contribution in [0, 0.1) is 5.92 Å². The highest BCUT2D eigenvalue weighted by Gasteiger charge is 2.51. The van der Waals surface area contributed by atoms with Crippen LogP contribution in [0.2, 0.25) is 5.02 Å². The normalized spacial score (nSPS) is 21.7. The molecule has 4 rings (SSSR count). The van der Waals surface area contributed by atoms with Crippen molar-refractivity contribution in [2.75, 3.05) is 36.4 Å². The van der Waals surface area contributed by atoms with Crippen molar-refractivity contribution in [2.24, 2.45) is 5.92 Å². The van der Waals surface area contributed by atoms with Gasteiger partial charge in [0.25, 0.3) is 11.6 Å². The van der Waals surface area contributed by atoms with Gasteiger partial charge in [0, 0.05) is 22.8 Å². The second kappa shape index (κ2) is 9.48. The van der Waals surface area contributed by atoms with Crippen molar-refractivity contribution in [1.29, 1.82) is 0 Å². The minimum Gasteiger partial charge on any atom is -0.359 e. The molecule has 0 spiro atoms. The molecule has 2 aromatic carbocycles. The molecule has 1 saturated heterocycles. The van der Waals surface area contributed by atoms with E-state index in [1.807, 2.05) is 0 Å². The van der Waals surface area contributed by atoms with Crippen molar-refractivity contribution in [2.45, 2.75) is 31.9 Å². The minimum absolute atomic E-state index is 0.317. The fraction of sp³-hybridized carbons (Fsp3) is 0.417. The van der Waals surface area contributed by atoms with E-state index in [0.29, 0.717) is 28.5 Å². The predicted octanol–water partition coefficient (Wildman–Crippen LogP) is 3.78. The number of amides is 3. The van der Waals surface area contributed by atoms with Gasteiger partial charge in [-0.15, -0.1) is 0 Å². The number of halogens is 1. The van der Waals surface area contributed by atoms with Crippen LogP contribution in [0.4, 0.5) is 16.2 Å². The first-order valence-corrected chi connectivity index (χ1v) is 11.5. The average Bonchev–Trinajstić information content (AvgIpc) is 2.79. The number of nitrogens with zero attached hydrogens (tertiary/aromatic N) is 2. The van der Waals surface area contributed by atoms with Crippen molar-refractivity contribution in [1.82, 2.24) is 10.2 Å². The van der Waals surface area contributed by atoms with Gasteiger partial charge in [0.05, 0.1) is 5.69 Å². The molecular weight excluding hydrogens is 428 g/mol. The highest BCUT2D eigenvalue weighted by molar-refractivity contribution is 6.30. The molecule has 1 atom stereocenters. The second-order valence-corrected chi connectivity index (χ2v) is 9.03. The molecule has 2 aliphatic rings. The van der Waals surface area contributed by atoms with Crippen LogP contribution in [0.1, 0.15) is 31.7 Å². The van der Waals surface area contributed by atoms with Crippen molar-refractivity contribution in [3.8, 4) is 0 Å². The summed E-state index contributed by atoms with van der Waals surface area (Å²) in [5.74, 6) is 0.138. The maximum atomic E-state index is 13.4. The maximum Gasteiger partial charge on any atom is 0.329 e. The van der Waals surface area contributed by atoms with Crippen molar-refractivity contribution >= 4 is 34.9 Å². The summed E-state index contributed by atoms with van der Waals surface area (Å²) in [5, 5.41) is 17.8. The first-order valence-electron chi connectivity index (χ1n) is 11.1. The van der Waals surface area contributed by atoms with E-state index in [4.69, 9.17) is 11.6 Å². The number of carbonyl (C=O) groups is 2. The Labute approximate surface area is 193 Å². The Morgan fingerprint density at radius 2 is 1.88 bits per heavy atom. The highest BCUT2D eigenvalue weighted by Crippen LogP contribution is 2.39. The number of fused-ring (bicyclic) bond motifs is 1. The first-order chi connectivity index (χ1) is 15.4. The van der Waals surface area contributed by atoms with Gasteiger partial charge >= 0.3 is 6.03 Å². The summed E-state index contributed by atoms with van der Waals surface area (Å²) in [6.07, 6.45) is 3.17. The SMILES string of the molecule is CC1CCN(CCCNC(=O)[C@]2(O)c3ccccc3NC(=O)N2c2ccc(Cl)cc2)CC1. The Kier molecular flexibility index (Phi) is 6.69. The number of benzene rings is 2. The number of urea groups is 1. The summed E-state index contributed by atoms with van der Waals surface area (Å²) in [6, 6.07) is 12.6. The molecule has 0 radical (unpaired) electrons. The van der Waals surface area contributed by atoms with Crippen LogP contribution in [0.3, 0.4) is 0 Å². The predicted molar refractivity (Wildman–Crippen MR) is 126 cm³/mol. The summed E-state index contributed by atoms with van der Waals surface area (Å²) in [5.41, 5.74) is -1.10. The molecule has 32 heavy (non-hydrogen) atoms. The quantitative estimate of drug-likeness (QED) is 0.577. The number of hydrogen-bond donors (Lipinski definition) is 3. The van der Waals surface area contributed by atoms with Crippen LogP contribution < -0.4 is 15.5 Å². The summed E-state index contributed by atoms with van der Waals surface area (Å²) in [6.45, 7) is 5.74. The molecule has 170 valence electrons. The third-order valence-electron chi connectivity index (χ3n) is 6.29. The van der Waals surface area contributed by atoms with E-state index in [-0.39, 0.29) is 0 Å². The second-order valence-electron chi connectivity index (χ2n) is 8.59. The fourth-order valence-electron chi connectivity index (χ4n) is 4.37. The molecule has 8 heteroatoms. The molecule has 2 heterocycles. The third kappa shape index (κ3) is 4.46. The van der Waals surface area contributed by atoms with Crippen molar-refractivity contribution in [3.05, 3.63) is 59.1 Å². The molecule has 0 bridgehead atoms. The number of carbonyl (C=O) groups excluding carboxylic acids is 2. The Morgan fingerprint density at radius 1 is 1.19 bits per heavy atom. The van der Waals surface area contributed by atoms with Crippen molar-refractivity contribution in [3.63, 3.8) is 0 Å². The zero-order valence-electron chi connectivity index (χ0n) is 18.2. The number of piperidine rings is 1. The molecule has 2 aliphatic heterocycles. The molecule has 1 fully saturated rings. The van der Waals surface area contributed by atoms with Gasteiger partial charge in [0.1, 0.15) is 0 Å². The Hall–Kier alpha value is -2.61. The first kappa shape index (κ1) is 22.6. The van der Waals surface area contributed by atoms with E-state index in [9.17, 15) is 14.7 Å². The van der Waals surface area contributed by atoms with Gasteiger partial charge in [-0.2, -0.15) is 0 Å². The topological polar surface area (TPSA) is 84.9 Å². The molecule has 0 aliphatic carbocycles. The van der Waals surface area contributed by atoms with Crippen LogP contribution in [-0.2, 0) is 10.5 Å². The number of likely N-dealkylation sites (tertiary alicyclic amines) is 1. The van der Waals surface area contributed by atoms with Gasteiger partial charge in [-0.3, -0.25) is 9.69 Å². The summed E-state index contributed by atoms with van der Waals surface area (Å²) in [7, 11) is 0. The standard InChI is InChI=1S/C24H29ClN4O3/c1-17-11-15-28(16-12-17)14-4-13-26-22(30)24(32)20-5-2-3-6-21(20)27-23(31)29(24)19-9-7-18(25)8-10-19/h2-3,5-10,17,32H,4,11-16H2,1H3,(H,26,30)(H,27,31)/t24-/m1/s1. The van der Waals surface area contributed by atoms with Crippen LogP contribution in [0.5, 0.6) is 0 Å². The summed E-state index contributed by atoms with van der Waals surface area (Å²) < 4.78 is 0. The highest BCUT2D eigenvalue weighted by atomic mass is 35.5. The smallest absolute Gasteiger partial charge is 0.329 e. The van der Waals surface area contributed by atoms with Gasteiger partial charge in [-0.05, 0) is 75.1 Å². The number of hydrogen-bond acceptors (Lipinski definition) is 4. The van der Waals surface area contributed by atoms with Crippen LogP contribution in [0.15, 0.2) is 48.5 Å². The van der Waals surface area contributed by atoms with E-state index in [0.717, 1.165) is 36.9 Å². The van der Waals surface area contributed by atoms with E-state index in [2.05, 4.69) is 22.5 Å². The number of nitrogens with one attached hydrogen (secondary N) is 2. The Morgan fingerprint density at radius 3 is 2.59 bits per heavy atom.